The fourth-order valence-electron chi connectivity index (χ4n) is 0. The van der Waals surface area contributed by atoms with Gasteiger partial charge in [-0.25, -0.2) is 0 Å². The van der Waals surface area contributed by atoms with E-state index in [0.29, 0.717) is 0 Å². The second-order valence-electron chi connectivity index (χ2n) is 0.0714. The second-order valence-corrected chi connectivity index (χ2v) is 3.80. The van der Waals surface area contributed by atoms with Crippen LogP contribution >= 0.6 is 17.0 Å². The van der Waals surface area contributed by atoms with Gasteiger partial charge in [-0.3, -0.25) is 0 Å². The SMILES string of the molecule is [B].[Cl][Zr][Cl]. The quantitative estimate of drug-likeness (QED) is 0.479. The first kappa shape index (κ1) is 9.11. The summed E-state index contributed by atoms with van der Waals surface area (Å²) in [4.78, 5) is 0. The van der Waals surface area contributed by atoms with Gasteiger partial charge in [0.2, 0.25) is 0 Å². The molecular formula is BCl2Zr. The normalized spacial score (nSPS) is 3.50. The van der Waals surface area contributed by atoms with Gasteiger partial charge in [-0.2, -0.15) is 0 Å². The number of hydrogen-bond donors (Lipinski definition) is 0. The van der Waals surface area contributed by atoms with Crippen LogP contribution in [0.1, 0.15) is 0 Å². The van der Waals surface area contributed by atoms with Gasteiger partial charge in [0, 0.05) is 8.41 Å². The molecule has 0 fully saturated rings. The molecule has 0 spiro atoms. The molecule has 4 heteroatoms. The predicted molar refractivity (Wildman–Crippen MR) is 17.5 cm³/mol. The van der Waals surface area contributed by atoms with E-state index in [-0.39, 0.29) is 8.41 Å². The third-order valence-electron chi connectivity index (χ3n) is 0. The summed E-state index contributed by atoms with van der Waals surface area (Å²) >= 11 is -0.826. The van der Waals surface area contributed by atoms with Crippen molar-refractivity contribution in [2.45, 2.75) is 0 Å². The van der Waals surface area contributed by atoms with Gasteiger partial charge in [0.05, 0.1) is 0 Å². The third kappa shape index (κ3) is 9.66. The van der Waals surface area contributed by atoms with Crippen LogP contribution in [0.5, 0.6) is 0 Å². The molecule has 0 aliphatic rings. The molecule has 0 heterocycles. The fourth-order valence-corrected chi connectivity index (χ4v) is 0. The zero-order chi connectivity index (χ0) is 2.71. The van der Waals surface area contributed by atoms with E-state index in [9.17, 15) is 0 Å². The van der Waals surface area contributed by atoms with Crippen molar-refractivity contribution in [3.8, 4) is 0 Å². The molecule has 0 aromatic rings. The summed E-state index contributed by atoms with van der Waals surface area (Å²) in [5.41, 5.74) is 0. The molecule has 0 bridgehead atoms. The first-order chi connectivity index (χ1) is 1.41. The fraction of sp³-hybridized carbons (Fsp3) is 0. The first-order valence-electron chi connectivity index (χ1n) is 0.378. The molecule has 0 unspecified atom stereocenters. The van der Waals surface area contributed by atoms with E-state index in [0.717, 1.165) is 0 Å². The molecule has 0 N–H and O–H groups in total. The minimum atomic E-state index is -0.826. The molecule has 0 nitrogen and oxygen atoms in total. The molecule has 0 rings (SSSR count). The average molecular weight is 173 g/mol. The Balaban J connectivity index is 0. The monoisotopic (exact) mass is 171 g/mol. The molecule has 0 aliphatic heterocycles. The van der Waals surface area contributed by atoms with Crippen molar-refractivity contribution in [2.24, 2.45) is 0 Å². The van der Waals surface area contributed by atoms with E-state index in [2.05, 4.69) is 0 Å². The van der Waals surface area contributed by atoms with Gasteiger partial charge < -0.3 is 0 Å². The maximum atomic E-state index is 4.93. The molecule has 0 aliphatic carbocycles. The Labute approximate surface area is 46.1 Å². The zero-order valence-corrected chi connectivity index (χ0v) is 5.80. The van der Waals surface area contributed by atoms with Crippen LogP contribution < -0.4 is 0 Å². The van der Waals surface area contributed by atoms with E-state index in [1.54, 1.807) is 0 Å². The van der Waals surface area contributed by atoms with Crippen LogP contribution in [0.2, 0.25) is 0 Å². The van der Waals surface area contributed by atoms with Crippen LogP contribution in [-0.2, 0) is 20.8 Å². The molecule has 0 aromatic heterocycles. The first-order valence-corrected chi connectivity index (χ1v) is 6.71. The Bertz CT molecular complexity index is 6.00. The maximum absolute atomic E-state index is 4.93. The van der Waals surface area contributed by atoms with Gasteiger partial charge in [-0.15, -0.1) is 0 Å². The van der Waals surface area contributed by atoms with E-state index in [1.165, 1.54) is 0 Å². The van der Waals surface area contributed by atoms with Gasteiger partial charge in [0.25, 0.3) is 0 Å². The Morgan fingerprint density at radius 2 is 1.25 bits per heavy atom. The topological polar surface area (TPSA) is 0 Å². The van der Waals surface area contributed by atoms with Crippen LogP contribution in [0, 0.1) is 0 Å². The molecule has 0 saturated heterocycles. The summed E-state index contributed by atoms with van der Waals surface area (Å²) in [7, 11) is 9.87. The molecule has 0 atom stereocenters. The summed E-state index contributed by atoms with van der Waals surface area (Å²) in [5.74, 6) is 0. The van der Waals surface area contributed by atoms with Gasteiger partial charge >= 0.3 is 37.9 Å². The molecule has 21 valence electrons. The molecular weight excluding hydrogens is 173 g/mol. The Kier molecular flexibility index (Phi) is 20.1. The summed E-state index contributed by atoms with van der Waals surface area (Å²) in [6.07, 6.45) is 0. The average Bonchev–Trinajstić information content (AvgIpc) is 0.918. The van der Waals surface area contributed by atoms with Crippen molar-refractivity contribution in [3.63, 3.8) is 0 Å². The molecule has 0 amide bonds. The van der Waals surface area contributed by atoms with E-state index < -0.39 is 20.8 Å². The summed E-state index contributed by atoms with van der Waals surface area (Å²) in [5, 5.41) is 0. The predicted octanol–water partition coefficient (Wildman–Crippen LogP) is 0.996. The van der Waals surface area contributed by atoms with Crippen molar-refractivity contribution >= 4 is 25.4 Å². The van der Waals surface area contributed by atoms with Crippen molar-refractivity contribution in [1.82, 2.24) is 0 Å². The van der Waals surface area contributed by atoms with E-state index in [1.807, 2.05) is 0 Å². The molecule has 3 radical (unpaired) electrons. The molecule has 0 aromatic carbocycles. The van der Waals surface area contributed by atoms with Crippen LogP contribution in [-0.4, -0.2) is 8.41 Å². The van der Waals surface area contributed by atoms with E-state index >= 15 is 0 Å². The Hall–Kier alpha value is 1.53. The third-order valence-corrected chi connectivity index (χ3v) is 0. The number of rotatable bonds is 0. The second kappa shape index (κ2) is 8.82. The number of hydrogen-bond acceptors (Lipinski definition) is 0. The van der Waals surface area contributed by atoms with Crippen molar-refractivity contribution in [3.05, 3.63) is 0 Å². The summed E-state index contributed by atoms with van der Waals surface area (Å²) in [6, 6.07) is 0. The van der Waals surface area contributed by atoms with Gasteiger partial charge in [0.15, 0.2) is 0 Å². The van der Waals surface area contributed by atoms with Gasteiger partial charge in [0.1, 0.15) is 0 Å². The van der Waals surface area contributed by atoms with Gasteiger partial charge in [-0.05, 0) is 0 Å². The zero-order valence-electron chi connectivity index (χ0n) is 1.83. The molecule has 4 heavy (non-hydrogen) atoms. The van der Waals surface area contributed by atoms with Crippen molar-refractivity contribution in [1.29, 1.82) is 0 Å². The van der Waals surface area contributed by atoms with Crippen LogP contribution in [0.15, 0.2) is 0 Å². The minimum absolute atomic E-state index is 0. The summed E-state index contributed by atoms with van der Waals surface area (Å²) < 4.78 is 0. The van der Waals surface area contributed by atoms with E-state index in [4.69, 9.17) is 17.0 Å². The van der Waals surface area contributed by atoms with Crippen LogP contribution in [0.25, 0.3) is 0 Å². The van der Waals surface area contributed by atoms with Gasteiger partial charge in [-0.1, -0.05) is 0 Å². The number of halogens is 2. The van der Waals surface area contributed by atoms with Crippen LogP contribution in [0.4, 0.5) is 0 Å². The molecule has 0 saturated carbocycles. The Morgan fingerprint density at radius 1 is 1.25 bits per heavy atom. The Morgan fingerprint density at radius 3 is 1.25 bits per heavy atom. The van der Waals surface area contributed by atoms with Crippen molar-refractivity contribution < 1.29 is 20.8 Å². The van der Waals surface area contributed by atoms with Crippen molar-refractivity contribution in [2.75, 3.05) is 0 Å². The standard InChI is InChI=1S/B.2ClH.Zr/h;2*1H;/q;;;+2/p-2. The summed E-state index contributed by atoms with van der Waals surface area (Å²) in [6.45, 7) is 0. The van der Waals surface area contributed by atoms with Crippen LogP contribution in [0.3, 0.4) is 0 Å².